The summed E-state index contributed by atoms with van der Waals surface area (Å²) in [5.41, 5.74) is 0. The number of nitrogens with zero attached hydrogens (tertiary/aromatic N) is 1. The molecule has 1 aliphatic rings. The second kappa shape index (κ2) is 6.46. The third-order valence-corrected chi connectivity index (χ3v) is 1.93. The topological polar surface area (TPSA) is 22.1 Å². The number of aromatic nitrogens is 1. The Morgan fingerprint density at radius 2 is 2.23 bits per heavy atom. The van der Waals surface area contributed by atoms with Gasteiger partial charge in [0.1, 0.15) is 5.88 Å². The second-order valence-electron chi connectivity index (χ2n) is 2.77. The number of ether oxygens (including phenoxy) is 1. The van der Waals surface area contributed by atoms with Crippen LogP contribution in [-0.4, -0.2) is 34.1 Å². The Bertz CT molecular complexity index is 228. The first-order valence-corrected chi connectivity index (χ1v) is 3.94. The van der Waals surface area contributed by atoms with Gasteiger partial charge in [0.05, 0.1) is 6.10 Å². The predicted molar refractivity (Wildman–Crippen MR) is 47.1 cm³/mol. The summed E-state index contributed by atoms with van der Waals surface area (Å²) in [5.74, 6) is 0.730. The molecule has 0 aromatic carbocycles. The van der Waals surface area contributed by atoms with Crippen LogP contribution in [-0.2, 0) is 0 Å². The molecule has 0 atom stereocenters. The molecular formula is C9H10ClMgNO. The van der Waals surface area contributed by atoms with Gasteiger partial charge >= 0.3 is 23.1 Å². The maximum absolute atomic E-state index is 5.52. The molecule has 0 bridgehead atoms. The van der Waals surface area contributed by atoms with E-state index in [1.807, 2.05) is 12.1 Å². The van der Waals surface area contributed by atoms with Crippen LogP contribution in [0.2, 0.25) is 0 Å². The van der Waals surface area contributed by atoms with Gasteiger partial charge in [-0.1, -0.05) is 6.20 Å². The van der Waals surface area contributed by atoms with Crippen molar-refractivity contribution in [3.8, 4) is 5.88 Å². The Kier molecular flexibility index (Phi) is 6.46. The smallest absolute Gasteiger partial charge is 1.00 e. The van der Waals surface area contributed by atoms with Crippen LogP contribution in [0.15, 0.2) is 18.3 Å². The molecule has 66 valence electrons. The van der Waals surface area contributed by atoms with Crippen LogP contribution >= 0.6 is 0 Å². The molecule has 2 nitrogen and oxygen atoms in total. The van der Waals surface area contributed by atoms with Gasteiger partial charge in [0.25, 0.3) is 0 Å². The Balaban J connectivity index is 0.000000720. The summed E-state index contributed by atoms with van der Waals surface area (Å²) in [6.07, 6.45) is 5.71. The normalized spacial score (nSPS) is 14.8. The Labute approximate surface area is 101 Å². The third-order valence-electron chi connectivity index (χ3n) is 1.93. The van der Waals surface area contributed by atoms with Gasteiger partial charge in [-0.25, -0.2) is 12.1 Å². The zero-order valence-electron chi connectivity index (χ0n) is 7.37. The van der Waals surface area contributed by atoms with E-state index in [0.29, 0.717) is 6.10 Å². The number of hydrogen-bond donors (Lipinski definition) is 0. The molecule has 2 rings (SSSR count). The zero-order valence-corrected chi connectivity index (χ0v) is 9.54. The molecule has 1 aliphatic carbocycles. The molecule has 4 heteroatoms. The van der Waals surface area contributed by atoms with E-state index >= 15 is 0 Å². The maximum atomic E-state index is 5.52. The molecule has 0 unspecified atom stereocenters. The summed E-state index contributed by atoms with van der Waals surface area (Å²) >= 11 is 0. The zero-order chi connectivity index (χ0) is 7.52. The van der Waals surface area contributed by atoms with Gasteiger partial charge < -0.3 is 17.1 Å². The molecule has 0 amide bonds. The van der Waals surface area contributed by atoms with E-state index in [2.05, 4.69) is 11.1 Å². The first kappa shape index (κ1) is 13.0. The van der Waals surface area contributed by atoms with Gasteiger partial charge in [-0.05, 0) is 19.3 Å². The van der Waals surface area contributed by atoms with E-state index in [4.69, 9.17) is 4.74 Å². The Hall–Kier alpha value is 0.00623. The van der Waals surface area contributed by atoms with Crippen LogP contribution in [0.4, 0.5) is 0 Å². The van der Waals surface area contributed by atoms with Crippen LogP contribution in [0.25, 0.3) is 0 Å². The van der Waals surface area contributed by atoms with Crippen molar-refractivity contribution in [2.24, 2.45) is 0 Å². The summed E-state index contributed by atoms with van der Waals surface area (Å²) in [4.78, 5) is 4.02. The van der Waals surface area contributed by atoms with Crippen molar-refractivity contribution in [3.05, 3.63) is 24.4 Å². The fourth-order valence-electron chi connectivity index (χ4n) is 1.04. The first-order valence-electron chi connectivity index (χ1n) is 3.94. The van der Waals surface area contributed by atoms with Gasteiger partial charge in [0.2, 0.25) is 0 Å². The summed E-state index contributed by atoms with van der Waals surface area (Å²) in [6, 6.07) is 6.52. The van der Waals surface area contributed by atoms with Gasteiger partial charge in [0, 0.05) is 0 Å². The molecule has 1 aromatic heterocycles. The van der Waals surface area contributed by atoms with Crippen molar-refractivity contribution in [1.29, 1.82) is 0 Å². The average molecular weight is 208 g/mol. The average Bonchev–Trinajstić information content (AvgIpc) is 1.99. The van der Waals surface area contributed by atoms with E-state index in [1.165, 1.54) is 19.3 Å². The van der Waals surface area contributed by atoms with Crippen molar-refractivity contribution in [3.63, 3.8) is 0 Å². The van der Waals surface area contributed by atoms with Gasteiger partial charge in [0.15, 0.2) is 0 Å². The molecular weight excluding hydrogens is 198 g/mol. The van der Waals surface area contributed by atoms with E-state index in [1.54, 1.807) is 6.20 Å². The van der Waals surface area contributed by atoms with Crippen LogP contribution in [0.3, 0.4) is 0 Å². The van der Waals surface area contributed by atoms with Crippen LogP contribution < -0.4 is 17.1 Å². The minimum atomic E-state index is 0. The van der Waals surface area contributed by atoms with Gasteiger partial charge in [-0.15, -0.1) is 6.07 Å². The van der Waals surface area contributed by atoms with Crippen molar-refractivity contribution < 1.29 is 17.1 Å². The van der Waals surface area contributed by atoms with E-state index < -0.39 is 0 Å². The van der Waals surface area contributed by atoms with Crippen LogP contribution in [0, 0.1) is 6.07 Å². The number of halogens is 1. The molecule has 0 saturated heterocycles. The largest absolute Gasteiger partial charge is 2.00 e. The summed E-state index contributed by atoms with van der Waals surface area (Å²) in [7, 11) is 0. The van der Waals surface area contributed by atoms with E-state index in [-0.39, 0.29) is 35.5 Å². The SMILES string of the molecule is [Cl-].[Mg+2].[c-]1ccc(OC2CCC2)nc1. The molecule has 1 heterocycles. The van der Waals surface area contributed by atoms with Crippen molar-refractivity contribution in [2.75, 3.05) is 0 Å². The molecule has 0 N–H and O–H groups in total. The van der Waals surface area contributed by atoms with Gasteiger partial charge in [-0.3, -0.25) is 4.98 Å². The molecule has 0 radical (unpaired) electrons. The third kappa shape index (κ3) is 3.71. The quantitative estimate of drug-likeness (QED) is 0.433. The first-order chi connectivity index (χ1) is 5.45. The summed E-state index contributed by atoms with van der Waals surface area (Å²) < 4.78 is 5.52. The molecule has 1 fully saturated rings. The Morgan fingerprint density at radius 3 is 2.69 bits per heavy atom. The molecule has 1 saturated carbocycles. The minimum absolute atomic E-state index is 0. The second-order valence-corrected chi connectivity index (χ2v) is 2.77. The molecule has 1 aromatic rings. The number of hydrogen-bond acceptors (Lipinski definition) is 2. The van der Waals surface area contributed by atoms with E-state index in [0.717, 1.165) is 5.88 Å². The number of pyridine rings is 1. The van der Waals surface area contributed by atoms with Crippen LogP contribution in [0.5, 0.6) is 5.88 Å². The molecule has 0 aliphatic heterocycles. The summed E-state index contributed by atoms with van der Waals surface area (Å²) in [5, 5.41) is 0. The monoisotopic (exact) mass is 207 g/mol. The number of rotatable bonds is 2. The minimum Gasteiger partial charge on any atom is -1.00 e. The van der Waals surface area contributed by atoms with Crippen LogP contribution in [0.1, 0.15) is 19.3 Å². The fraction of sp³-hybridized carbons (Fsp3) is 0.444. The van der Waals surface area contributed by atoms with E-state index in [9.17, 15) is 0 Å². The van der Waals surface area contributed by atoms with Crippen molar-refractivity contribution in [1.82, 2.24) is 4.98 Å². The van der Waals surface area contributed by atoms with Crippen molar-refractivity contribution in [2.45, 2.75) is 25.4 Å². The standard InChI is InChI=1S/C9H10NO.ClH.Mg/c1-2-7-10-9(6-1)11-8-4-3-5-8;;/h1,6-8H,3-5H2;1H;/q-1;;+2/p-1. The predicted octanol–water partition coefficient (Wildman–Crippen LogP) is -1.56. The summed E-state index contributed by atoms with van der Waals surface area (Å²) in [6.45, 7) is 0. The van der Waals surface area contributed by atoms with Gasteiger partial charge in [-0.2, -0.15) is 0 Å². The fourth-order valence-corrected chi connectivity index (χ4v) is 1.04. The molecule has 13 heavy (non-hydrogen) atoms. The molecule has 0 spiro atoms. The maximum Gasteiger partial charge on any atom is 2.00 e. The van der Waals surface area contributed by atoms with Crippen molar-refractivity contribution >= 4 is 23.1 Å². The Morgan fingerprint density at radius 1 is 1.46 bits per heavy atom.